The minimum atomic E-state index is 0.344. The van der Waals surface area contributed by atoms with Crippen LogP contribution in [-0.2, 0) is 0 Å². The number of unbranched alkanes of at least 4 members (excludes halogenated alkanes) is 9. The fraction of sp³-hybridized carbons (Fsp3) is 1.00. The molecule has 0 aliphatic rings. The second-order valence-electron chi connectivity index (χ2n) is 5.20. The Hall–Kier alpha value is -0.0400. The lowest BCUT2D eigenvalue weighted by atomic mass is 10.1. The first kappa shape index (κ1) is 24.0. The molecule has 0 heterocycles. The normalized spacial score (nSPS) is 9.16. The number of aliphatic hydroxyl groups excluding tert-OH is 1. The summed E-state index contributed by atoms with van der Waals surface area (Å²) >= 11 is 0. The second kappa shape index (κ2) is 30.8. The molecule has 1 N–H and O–H groups in total. The second-order valence-corrected chi connectivity index (χ2v) is 5.20. The molecule has 1 nitrogen and oxygen atoms in total. The van der Waals surface area contributed by atoms with Gasteiger partial charge in [-0.05, 0) is 6.42 Å². The molecule has 0 saturated carbocycles. The molecule has 0 radical (unpaired) electrons. The summed E-state index contributed by atoms with van der Waals surface area (Å²) in [5.74, 6) is 0. The highest BCUT2D eigenvalue weighted by atomic mass is 16.2. The molecule has 0 rings (SSSR count). The molecule has 0 aliphatic carbocycles. The average Bonchev–Trinajstić information content (AvgIpc) is 2.44. The van der Waals surface area contributed by atoms with E-state index >= 15 is 0 Å². The molecule has 0 spiro atoms. The summed E-state index contributed by atoms with van der Waals surface area (Å²) in [4.78, 5) is 0. The number of hydrogen-bond donors (Lipinski definition) is 1. The lowest BCUT2D eigenvalue weighted by Crippen LogP contribution is -1.75. The van der Waals surface area contributed by atoms with Gasteiger partial charge in [-0.25, -0.2) is 0 Å². The van der Waals surface area contributed by atoms with Gasteiger partial charge < -0.3 is 5.11 Å². The van der Waals surface area contributed by atoms with Crippen LogP contribution in [-0.4, -0.2) is 11.7 Å². The van der Waals surface area contributed by atoms with E-state index in [9.17, 15) is 0 Å². The molecule has 0 aliphatic heterocycles. The first-order valence-corrected chi connectivity index (χ1v) is 8.85. The van der Waals surface area contributed by atoms with Gasteiger partial charge >= 0.3 is 0 Å². The Labute approximate surface area is 124 Å². The number of rotatable bonds is 10. The molecule has 0 aromatic rings. The van der Waals surface area contributed by atoms with Crippen LogP contribution in [0, 0.1) is 0 Å². The van der Waals surface area contributed by atoms with E-state index in [2.05, 4.69) is 34.6 Å². The Morgan fingerprint density at radius 1 is 0.421 bits per heavy atom. The zero-order chi connectivity index (χ0) is 15.2. The molecule has 19 heavy (non-hydrogen) atoms. The fourth-order valence-electron chi connectivity index (χ4n) is 1.51. The fourth-order valence-corrected chi connectivity index (χ4v) is 1.51. The SMILES string of the molecule is CCCCCC.CCCCCCCC.CCCCO. The van der Waals surface area contributed by atoms with Crippen molar-refractivity contribution in [1.82, 2.24) is 0 Å². The zero-order valence-electron chi connectivity index (χ0n) is 14.6. The highest BCUT2D eigenvalue weighted by Crippen LogP contribution is 2.03. The van der Waals surface area contributed by atoms with Gasteiger partial charge in [0.15, 0.2) is 0 Å². The van der Waals surface area contributed by atoms with Gasteiger partial charge in [-0.15, -0.1) is 0 Å². The Morgan fingerprint density at radius 2 is 0.684 bits per heavy atom. The third-order valence-corrected chi connectivity index (χ3v) is 2.93. The van der Waals surface area contributed by atoms with Crippen LogP contribution in [0.1, 0.15) is 112 Å². The first-order chi connectivity index (χ1) is 9.24. The molecule has 0 aromatic heterocycles. The van der Waals surface area contributed by atoms with Gasteiger partial charge in [0.2, 0.25) is 0 Å². The Bertz CT molecular complexity index is 89.9. The van der Waals surface area contributed by atoms with Gasteiger partial charge in [-0.2, -0.15) is 0 Å². The molecule has 0 fully saturated rings. The van der Waals surface area contributed by atoms with Crippen LogP contribution in [0.15, 0.2) is 0 Å². The maximum absolute atomic E-state index is 8.07. The van der Waals surface area contributed by atoms with Gasteiger partial charge in [-0.3, -0.25) is 0 Å². The van der Waals surface area contributed by atoms with Crippen molar-refractivity contribution in [2.24, 2.45) is 0 Å². The van der Waals surface area contributed by atoms with Gasteiger partial charge in [0.25, 0.3) is 0 Å². The number of hydrogen-bond acceptors (Lipinski definition) is 1. The predicted molar refractivity (Wildman–Crippen MR) is 90.9 cm³/mol. The van der Waals surface area contributed by atoms with E-state index in [-0.39, 0.29) is 0 Å². The molecule has 1 heteroatoms. The summed E-state index contributed by atoms with van der Waals surface area (Å²) in [6.07, 6.45) is 16.1. The lowest BCUT2D eigenvalue weighted by molar-refractivity contribution is 0.287. The molecule has 0 atom stereocenters. The van der Waals surface area contributed by atoms with Crippen molar-refractivity contribution in [3.05, 3.63) is 0 Å². The van der Waals surface area contributed by atoms with Gasteiger partial charge in [0.1, 0.15) is 0 Å². The van der Waals surface area contributed by atoms with Crippen molar-refractivity contribution in [3.63, 3.8) is 0 Å². The molecule has 0 saturated heterocycles. The third-order valence-electron chi connectivity index (χ3n) is 2.93. The smallest absolute Gasteiger partial charge is 0.0430 e. The van der Waals surface area contributed by atoms with Gasteiger partial charge in [-0.1, -0.05) is 105 Å². The maximum atomic E-state index is 8.07. The summed E-state index contributed by atoms with van der Waals surface area (Å²) in [5, 5.41) is 8.07. The predicted octanol–water partition coefficient (Wildman–Crippen LogP) is 6.73. The topological polar surface area (TPSA) is 20.2 Å². The molecular formula is C18H42O. The van der Waals surface area contributed by atoms with Crippen LogP contribution in [0.5, 0.6) is 0 Å². The van der Waals surface area contributed by atoms with Gasteiger partial charge in [0, 0.05) is 6.61 Å². The quantitative estimate of drug-likeness (QED) is 0.438. The van der Waals surface area contributed by atoms with Crippen molar-refractivity contribution in [1.29, 1.82) is 0 Å². The van der Waals surface area contributed by atoms with Crippen molar-refractivity contribution >= 4 is 0 Å². The highest BCUT2D eigenvalue weighted by Gasteiger charge is 1.83. The van der Waals surface area contributed by atoms with E-state index in [0.29, 0.717) is 6.61 Å². The largest absolute Gasteiger partial charge is 0.396 e. The van der Waals surface area contributed by atoms with Crippen molar-refractivity contribution < 1.29 is 5.11 Å². The minimum absolute atomic E-state index is 0.344. The van der Waals surface area contributed by atoms with Crippen molar-refractivity contribution in [3.8, 4) is 0 Å². The van der Waals surface area contributed by atoms with E-state index in [1.807, 2.05) is 0 Å². The molecular weight excluding hydrogens is 232 g/mol. The van der Waals surface area contributed by atoms with E-state index in [0.717, 1.165) is 12.8 Å². The molecule has 0 unspecified atom stereocenters. The summed E-state index contributed by atoms with van der Waals surface area (Å²) < 4.78 is 0. The minimum Gasteiger partial charge on any atom is -0.396 e. The van der Waals surface area contributed by atoms with E-state index in [4.69, 9.17) is 5.11 Å². The van der Waals surface area contributed by atoms with Crippen LogP contribution >= 0.6 is 0 Å². The lowest BCUT2D eigenvalue weighted by Gasteiger charge is -1.93. The summed E-state index contributed by atoms with van der Waals surface area (Å²) in [7, 11) is 0. The monoisotopic (exact) mass is 274 g/mol. The van der Waals surface area contributed by atoms with Crippen LogP contribution < -0.4 is 0 Å². The van der Waals surface area contributed by atoms with E-state index < -0.39 is 0 Å². The first-order valence-electron chi connectivity index (χ1n) is 8.85. The standard InChI is InChI=1S/C8H18.C6H14.C4H10O/c1-3-5-7-8-6-4-2;1-3-5-6-4-2;1-2-3-4-5/h3-8H2,1-2H3;3-6H2,1-2H3;5H,2-4H2,1H3. The average molecular weight is 275 g/mol. The van der Waals surface area contributed by atoms with Crippen molar-refractivity contribution in [2.75, 3.05) is 6.61 Å². The summed E-state index contributed by atoms with van der Waals surface area (Å²) in [6, 6.07) is 0. The summed E-state index contributed by atoms with van der Waals surface area (Å²) in [5.41, 5.74) is 0. The Kier molecular flexibility index (Phi) is 38.9. The van der Waals surface area contributed by atoms with E-state index in [1.165, 1.54) is 64.2 Å². The van der Waals surface area contributed by atoms with Crippen LogP contribution in [0.25, 0.3) is 0 Å². The Morgan fingerprint density at radius 3 is 0.842 bits per heavy atom. The molecule has 0 aromatic carbocycles. The molecule has 0 bridgehead atoms. The molecule has 0 amide bonds. The summed E-state index contributed by atoms with van der Waals surface area (Å²) in [6.45, 7) is 11.4. The van der Waals surface area contributed by atoms with Crippen LogP contribution in [0.2, 0.25) is 0 Å². The third kappa shape index (κ3) is 46.1. The Balaban J connectivity index is -0.000000209. The number of aliphatic hydroxyl groups is 1. The van der Waals surface area contributed by atoms with Crippen LogP contribution in [0.4, 0.5) is 0 Å². The molecule has 120 valence electrons. The van der Waals surface area contributed by atoms with Crippen molar-refractivity contribution in [2.45, 2.75) is 112 Å². The van der Waals surface area contributed by atoms with E-state index in [1.54, 1.807) is 0 Å². The zero-order valence-corrected chi connectivity index (χ0v) is 14.6. The van der Waals surface area contributed by atoms with Gasteiger partial charge in [0.05, 0.1) is 0 Å². The highest BCUT2D eigenvalue weighted by molar-refractivity contribution is 4.39. The van der Waals surface area contributed by atoms with Crippen LogP contribution in [0.3, 0.4) is 0 Å². The maximum Gasteiger partial charge on any atom is 0.0430 e.